The number of anilines is 3. The van der Waals surface area contributed by atoms with Gasteiger partial charge in [-0.15, -0.1) is 0 Å². The van der Waals surface area contributed by atoms with Gasteiger partial charge in [0, 0.05) is 35.9 Å². The molecule has 9 nitrogen and oxygen atoms in total. The van der Waals surface area contributed by atoms with Gasteiger partial charge in [0.2, 0.25) is 11.8 Å². The van der Waals surface area contributed by atoms with E-state index in [-0.39, 0.29) is 24.5 Å². The summed E-state index contributed by atoms with van der Waals surface area (Å²) in [7, 11) is 0. The number of carbonyl (C=O) groups is 2. The molecule has 0 saturated heterocycles. The van der Waals surface area contributed by atoms with Crippen LogP contribution in [0.3, 0.4) is 0 Å². The van der Waals surface area contributed by atoms with Crippen molar-refractivity contribution in [3.8, 4) is 11.5 Å². The topological polar surface area (TPSA) is 128 Å². The van der Waals surface area contributed by atoms with E-state index < -0.39 is 6.04 Å². The molecule has 0 saturated carbocycles. The van der Waals surface area contributed by atoms with Crippen molar-refractivity contribution in [1.82, 2.24) is 10.3 Å². The Morgan fingerprint density at radius 2 is 1.79 bits per heavy atom. The highest BCUT2D eigenvalue weighted by molar-refractivity contribution is 5.94. The van der Waals surface area contributed by atoms with Crippen LogP contribution in [0.5, 0.6) is 11.5 Å². The maximum absolute atomic E-state index is 13.8. The Hall–Kier alpha value is -4.79. The Morgan fingerprint density at radius 3 is 2.55 bits per heavy atom. The molecule has 9 heteroatoms. The fourth-order valence-electron chi connectivity index (χ4n) is 4.58. The molecule has 1 heterocycles. The summed E-state index contributed by atoms with van der Waals surface area (Å²) < 4.78 is 11.8. The number of amides is 2. The lowest BCUT2D eigenvalue weighted by molar-refractivity contribution is -0.122. The van der Waals surface area contributed by atoms with Crippen LogP contribution in [0.4, 0.5) is 17.2 Å². The minimum Gasteiger partial charge on any atom is -0.490 e. The van der Waals surface area contributed by atoms with Gasteiger partial charge in [0.05, 0.1) is 12.7 Å². The van der Waals surface area contributed by atoms with Crippen molar-refractivity contribution < 1.29 is 19.1 Å². The number of carbonyl (C=O) groups excluding carboxylic acids is 2. The number of rotatable bonds is 13. The number of ether oxygens (including phenoxy) is 2. The molecule has 1 unspecified atom stereocenters. The van der Waals surface area contributed by atoms with Crippen molar-refractivity contribution in [3.63, 3.8) is 0 Å². The molecule has 2 amide bonds. The number of nitrogens with one attached hydrogen (secondary N) is 3. The van der Waals surface area contributed by atoms with Crippen LogP contribution in [0.15, 0.2) is 72.9 Å². The van der Waals surface area contributed by atoms with Crippen LogP contribution in [-0.2, 0) is 16.1 Å². The van der Waals surface area contributed by atoms with Gasteiger partial charge < -0.3 is 31.2 Å². The maximum atomic E-state index is 13.8. The van der Waals surface area contributed by atoms with E-state index in [1.807, 2.05) is 94.4 Å². The second-order valence-corrected chi connectivity index (χ2v) is 10.2. The fourth-order valence-corrected chi connectivity index (χ4v) is 4.58. The second kappa shape index (κ2) is 14.2. The van der Waals surface area contributed by atoms with Gasteiger partial charge in [-0.1, -0.05) is 25.1 Å². The lowest BCUT2D eigenvalue weighted by Gasteiger charge is -2.22. The number of fused-ring (bicyclic) bond motifs is 1. The van der Waals surface area contributed by atoms with E-state index in [1.165, 1.54) is 0 Å². The molecule has 5 N–H and O–H groups in total. The van der Waals surface area contributed by atoms with E-state index in [2.05, 4.69) is 20.9 Å². The first kappa shape index (κ1) is 30.2. The molecule has 4 rings (SSSR count). The molecule has 1 atom stereocenters. The Balaban J connectivity index is 1.61. The Morgan fingerprint density at radius 1 is 0.952 bits per heavy atom. The van der Waals surface area contributed by atoms with Crippen LogP contribution in [-0.4, -0.2) is 29.5 Å². The van der Waals surface area contributed by atoms with Crippen LogP contribution in [0.25, 0.3) is 10.8 Å². The quantitative estimate of drug-likeness (QED) is 0.151. The molecule has 0 fully saturated rings. The monoisotopic (exact) mass is 569 g/mol. The number of pyridine rings is 1. The summed E-state index contributed by atoms with van der Waals surface area (Å²) in [6.07, 6.45) is 2.85. The zero-order chi connectivity index (χ0) is 30.1. The largest absolute Gasteiger partial charge is 0.490 e. The number of nitrogen functional groups attached to an aromatic ring is 1. The van der Waals surface area contributed by atoms with Gasteiger partial charge in [-0.25, -0.2) is 4.98 Å². The smallest absolute Gasteiger partial charge is 0.247 e. The number of benzene rings is 3. The normalized spacial score (nSPS) is 11.6. The highest BCUT2D eigenvalue weighted by Crippen LogP contribution is 2.33. The molecule has 42 heavy (non-hydrogen) atoms. The first-order valence-electron chi connectivity index (χ1n) is 14.3. The molecule has 220 valence electrons. The van der Waals surface area contributed by atoms with E-state index in [0.29, 0.717) is 41.6 Å². The van der Waals surface area contributed by atoms with Gasteiger partial charge in [-0.05, 0) is 92.2 Å². The van der Waals surface area contributed by atoms with Gasteiger partial charge >= 0.3 is 0 Å². The van der Waals surface area contributed by atoms with Gasteiger partial charge in [0.1, 0.15) is 11.9 Å². The summed E-state index contributed by atoms with van der Waals surface area (Å²) in [5.41, 5.74) is 9.06. The van der Waals surface area contributed by atoms with Gasteiger partial charge in [0.25, 0.3) is 0 Å². The third kappa shape index (κ3) is 7.90. The first-order chi connectivity index (χ1) is 20.3. The summed E-state index contributed by atoms with van der Waals surface area (Å²) in [5, 5.41) is 11.1. The molecule has 0 spiro atoms. The zero-order valence-corrected chi connectivity index (χ0v) is 24.6. The lowest BCUT2D eigenvalue weighted by Crippen LogP contribution is -2.33. The maximum Gasteiger partial charge on any atom is 0.247 e. The molecule has 0 aliphatic rings. The Kier molecular flexibility index (Phi) is 10.2. The van der Waals surface area contributed by atoms with Gasteiger partial charge in [0.15, 0.2) is 11.5 Å². The predicted molar refractivity (Wildman–Crippen MR) is 168 cm³/mol. The summed E-state index contributed by atoms with van der Waals surface area (Å²) >= 11 is 0. The lowest BCUT2D eigenvalue weighted by atomic mass is 10.0. The third-order valence-electron chi connectivity index (χ3n) is 6.49. The standard InChI is InChI=1S/C33H39N5O4/c1-5-8-30(39)37-25-10-7-9-22(17-25)20-36-33(40)31(24-11-14-28(42-21(3)4)29(19-24)41-6-2)38-26-12-13-27-23(18-26)15-16-35-32(27)34/h7,9-19,21,31,38H,5-6,8,20H2,1-4H3,(H2,34,35)(H,36,40)(H,37,39). The van der Waals surface area contributed by atoms with Crippen LogP contribution >= 0.6 is 0 Å². The van der Waals surface area contributed by atoms with E-state index in [9.17, 15) is 9.59 Å². The minimum atomic E-state index is -0.749. The Bertz CT molecular complexity index is 1540. The molecule has 4 aromatic rings. The van der Waals surface area contributed by atoms with Crippen LogP contribution in [0, 0.1) is 0 Å². The number of nitrogens with two attached hydrogens (primary N) is 1. The SMILES string of the molecule is CCCC(=O)Nc1cccc(CNC(=O)C(Nc2ccc3c(N)nccc3c2)c2ccc(OC(C)C)c(OCC)c2)c1. The van der Waals surface area contributed by atoms with Crippen molar-refractivity contribution >= 4 is 39.8 Å². The molecule has 3 aromatic carbocycles. The second-order valence-electron chi connectivity index (χ2n) is 10.2. The molecular weight excluding hydrogens is 530 g/mol. The van der Waals surface area contributed by atoms with E-state index in [0.717, 1.165) is 28.4 Å². The van der Waals surface area contributed by atoms with Crippen molar-refractivity contribution in [1.29, 1.82) is 0 Å². The number of aromatic nitrogens is 1. The van der Waals surface area contributed by atoms with E-state index >= 15 is 0 Å². The van der Waals surface area contributed by atoms with Gasteiger partial charge in [-0.2, -0.15) is 0 Å². The van der Waals surface area contributed by atoms with Crippen molar-refractivity contribution in [2.24, 2.45) is 0 Å². The molecular formula is C33H39N5O4. The molecule has 1 aromatic heterocycles. The van der Waals surface area contributed by atoms with Crippen molar-refractivity contribution in [3.05, 3.63) is 84.1 Å². The number of hydrogen-bond donors (Lipinski definition) is 4. The Labute approximate surface area is 246 Å². The predicted octanol–water partition coefficient (Wildman–Crippen LogP) is 6.21. The zero-order valence-electron chi connectivity index (χ0n) is 24.6. The van der Waals surface area contributed by atoms with Gasteiger partial charge in [-0.3, -0.25) is 9.59 Å². The third-order valence-corrected chi connectivity index (χ3v) is 6.49. The summed E-state index contributed by atoms with van der Waals surface area (Å²) in [5.74, 6) is 1.36. The minimum absolute atomic E-state index is 0.0330. The summed E-state index contributed by atoms with van der Waals surface area (Å²) in [4.78, 5) is 30.0. The van der Waals surface area contributed by atoms with Crippen LogP contribution in [0.1, 0.15) is 57.7 Å². The first-order valence-corrected chi connectivity index (χ1v) is 14.3. The summed E-state index contributed by atoms with van der Waals surface area (Å²) in [6.45, 7) is 8.50. The molecule has 0 aliphatic heterocycles. The fraction of sp³-hybridized carbons (Fsp3) is 0.303. The van der Waals surface area contributed by atoms with E-state index in [4.69, 9.17) is 15.2 Å². The highest BCUT2D eigenvalue weighted by Gasteiger charge is 2.23. The van der Waals surface area contributed by atoms with E-state index in [1.54, 1.807) is 6.20 Å². The number of hydrogen-bond acceptors (Lipinski definition) is 7. The summed E-state index contributed by atoms with van der Waals surface area (Å²) in [6, 6.07) is 19.8. The van der Waals surface area contributed by atoms with Crippen LogP contribution < -0.4 is 31.2 Å². The highest BCUT2D eigenvalue weighted by atomic mass is 16.5. The van der Waals surface area contributed by atoms with Crippen LogP contribution in [0.2, 0.25) is 0 Å². The average Bonchev–Trinajstić information content (AvgIpc) is 2.96. The van der Waals surface area contributed by atoms with Crippen molar-refractivity contribution in [2.45, 2.75) is 59.2 Å². The molecule has 0 radical (unpaired) electrons. The number of nitrogens with zero attached hydrogens (tertiary/aromatic N) is 1. The molecule has 0 bridgehead atoms. The van der Waals surface area contributed by atoms with Crippen molar-refractivity contribution in [2.75, 3.05) is 23.0 Å². The average molecular weight is 570 g/mol. The molecule has 0 aliphatic carbocycles.